The van der Waals surface area contributed by atoms with Gasteiger partial charge in [-0.2, -0.15) is 4.80 Å². The van der Waals surface area contributed by atoms with Crippen molar-refractivity contribution in [3.05, 3.63) is 59.2 Å². The molecule has 0 bridgehead atoms. The Morgan fingerprint density at radius 2 is 1.66 bits per heavy atom. The van der Waals surface area contributed by atoms with Gasteiger partial charge in [-0.1, -0.05) is 48.0 Å². The SMILES string of the molecule is Cc1cc(C)c(OCC(=O)NNC(=O)Cn2nnc(-c3ccccc3)n2)c(C)c1. The Hall–Kier alpha value is -3.75. The molecule has 0 aliphatic heterocycles. The highest BCUT2D eigenvalue weighted by atomic mass is 16.5. The molecule has 0 unspecified atom stereocenters. The zero-order valence-corrected chi connectivity index (χ0v) is 16.5. The second kappa shape index (κ2) is 8.96. The van der Waals surface area contributed by atoms with E-state index in [1.165, 1.54) is 0 Å². The zero-order chi connectivity index (χ0) is 20.8. The first kappa shape index (κ1) is 20.0. The van der Waals surface area contributed by atoms with E-state index >= 15 is 0 Å². The topological polar surface area (TPSA) is 111 Å². The fourth-order valence-electron chi connectivity index (χ4n) is 2.89. The fourth-order valence-corrected chi connectivity index (χ4v) is 2.89. The molecule has 1 heterocycles. The number of rotatable bonds is 6. The number of aromatic nitrogens is 4. The Morgan fingerprint density at radius 3 is 2.34 bits per heavy atom. The molecular formula is C20H22N6O3. The molecule has 9 heteroatoms. The van der Waals surface area contributed by atoms with Crippen LogP contribution in [0.25, 0.3) is 11.4 Å². The van der Waals surface area contributed by atoms with E-state index in [1.54, 1.807) is 0 Å². The number of carbonyl (C=O) groups excluding carboxylic acids is 2. The molecular weight excluding hydrogens is 372 g/mol. The van der Waals surface area contributed by atoms with Crippen LogP contribution in [0.4, 0.5) is 0 Å². The van der Waals surface area contributed by atoms with Gasteiger partial charge in [-0.3, -0.25) is 20.4 Å². The molecule has 0 spiro atoms. The first-order valence-corrected chi connectivity index (χ1v) is 9.04. The predicted molar refractivity (Wildman–Crippen MR) is 106 cm³/mol. The molecule has 3 aromatic rings. The van der Waals surface area contributed by atoms with Crippen LogP contribution in [0.2, 0.25) is 0 Å². The number of hydrogen-bond acceptors (Lipinski definition) is 6. The van der Waals surface area contributed by atoms with Crippen molar-refractivity contribution in [1.29, 1.82) is 0 Å². The van der Waals surface area contributed by atoms with Crippen molar-refractivity contribution in [3.63, 3.8) is 0 Å². The largest absolute Gasteiger partial charge is 0.483 e. The molecule has 0 saturated carbocycles. The summed E-state index contributed by atoms with van der Waals surface area (Å²) in [6, 6.07) is 13.3. The highest BCUT2D eigenvalue weighted by Gasteiger charge is 2.11. The second-order valence-corrected chi connectivity index (χ2v) is 6.62. The molecule has 3 rings (SSSR count). The molecule has 0 aliphatic rings. The number of carbonyl (C=O) groups is 2. The van der Waals surface area contributed by atoms with E-state index in [0.29, 0.717) is 11.6 Å². The number of ether oxygens (including phenoxy) is 1. The van der Waals surface area contributed by atoms with E-state index in [9.17, 15) is 9.59 Å². The fraction of sp³-hybridized carbons (Fsp3) is 0.250. The minimum Gasteiger partial charge on any atom is -0.483 e. The van der Waals surface area contributed by atoms with Crippen LogP contribution in [-0.4, -0.2) is 38.6 Å². The Balaban J connectivity index is 1.46. The smallest absolute Gasteiger partial charge is 0.276 e. The third-order valence-electron chi connectivity index (χ3n) is 4.06. The Morgan fingerprint density at radius 1 is 1.00 bits per heavy atom. The summed E-state index contributed by atoms with van der Waals surface area (Å²) in [5, 5.41) is 11.9. The normalized spacial score (nSPS) is 10.4. The van der Waals surface area contributed by atoms with Crippen LogP contribution in [0.5, 0.6) is 5.75 Å². The van der Waals surface area contributed by atoms with Crippen LogP contribution in [0.15, 0.2) is 42.5 Å². The van der Waals surface area contributed by atoms with Gasteiger partial charge in [0.1, 0.15) is 12.3 Å². The van der Waals surface area contributed by atoms with Crippen molar-refractivity contribution >= 4 is 11.8 Å². The van der Waals surface area contributed by atoms with Crippen molar-refractivity contribution in [2.75, 3.05) is 6.61 Å². The molecule has 0 saturated heterocycles. The summed E-state index contributed by atoms with van der Waals surface area (Å²) in [4.78, 5) is 25.1. The van der Waals surface area contributed by atoms with E-state index in [-0.39, 0.29) is 13.2 Å². The minimum absolute atomic E-state index is 0.183. The van der Waals surface area contributed by atoms with E-state index in [4.69, 9.17) is 4.74 Å². The average molecular weight is 394 g/mol. The predicted octanol–water partition coefficient (Wildman–Crippen LogP) is 1.49. The molecule has 150 valence electrons. The third-order valence-corrected chi connectivity index (χ3v) is 4.06. The number of nitrogens with zero attached hydrogens (tertiary/aromatic N) is 4. The molecule has 0 aliphatic carbocycles. The summed E-state index contributed by atoms with van der Waals surface area (Å²) in [6.07, 6.45) is 0. The Kier molecular flexibility index (Phi) is 6.18. The maximum Gasteiger partial charge on any atom is 0.276 e. The molecule has 1 aromatic heterocycles. The van der Waals surface area contributed by atoms with E-state index in [1.807, 2.05) is 63.2 Å². The van der Waals surface area contributed by atoms with Crippen LogP contribution >= 0.6 is 0 Å². The number of hydrogen-bond donors (Lipinski definition) is 2. The lowest BCUT2D eigenvalue weighted by atomic mass is 10.1. The Labute approximate surface area is 168 Å². The Bertz CT molecular complexity index is 993. The summed E-state index contributed by atoms with van der Waals surface area (Å²) in [5.41, 5.74) is 8.44. The maximum atomic E-state index is 12.0. The number of nitrogens with one attached hydrogen (secondary N) is 2. The molecule has 0 radical (unpaired) electrons. The lowest BCUT2D eigenvalue weighted by Gasteiger charge is -2.13. The van der Waals surface area contributed by atoms with Crippen molar-refractivity contribution in [3.8, 4) is 17.1 Å². The van der Waals surface area contributed by atoms with Crippen molar-refractivity contribution < 1.29 is 14.3 Å². The van der Waals surface area contributed by atoms with Gasteiger partial charge >= 0.3 is 0 Å². The highest BCUT2D eigenvalue weighted by Crippen LogP contribution is 2.24. The highest BCUT2D eigenvalue weighted by molar-refractivity contribution is 5.82. The molecule has 9 nitrogen and oxygen atoms in total. The van der Waals surface area contributed by atoms with E-state index in [0.717, 1.165) is 27.1 Å². The molecule has 2 amide bonds. The van der Waals surface area contributed by atoms with Gasteiger partial charge in [-0.15, -0.1) is 10.2 Å². The van der Waals surface area contributed by atoms with E-state index < -0.39 is 11.8 Å². The lowest BCUT2D eigenvalue weighted by Crippen LogP contribution is -2.45. The number of benzene rings is 2. The number of aryl methyl sites for hydroxylation is 3. The monoisotopic (exact) mass is 394 g/mol. The lowest BCUT2D eigenvalue weighted by molar-refractivity contribution is -0.130. The van der Waals surface area contributed by atoms with Crippen molar-refractivity contribution in [2.24, 2.45) is 0 Å². The summed E-state index contributed by atoms with van der Waals surface area (Å²) in [7, 11) is 0. The van der Waals surface area contributed by atoms with Gasteiger partial charge in [0, 0.05) is 5.56 Å². The zero-order valence-electron chi connectivity index (χ0n) is 16.5. The summed E-state index contributed by atoms with van der Waals surface area (Å²) in [6.45, 7) is 5.44. The van der Waals surface area contributed by atoms with E-state index in [2.05, 4.69) is 26.3 Å². The molecule has 29 heavy (non-hydrogen) atoms. The number of tetrazole rings is 1. The standard InChI is InChI=1S/C20H22N6O3/c1-13-9-14(2)19(15(3)10-13)29-12-18(28)22-21-17(27)11-26-24-20(23-25-26)16-7-5-4-6-8-16/h4-10H,11-12H2,1-3H3,(H,21,27)(H,22,28). The van der Waals surface area contributed by atoms with Gasteiger partial charge in [0.2, 0.25) is 5.82 Å². The maximum absolute atomic E-state index is 12.0. The molecule has 2 aromatic carbocycles. The average Bonchev–Trinajstić information content (AvgIpc) is 3.14. The first-order valence-electron chi connectivity index (χ1n) is 9.04. The van der Waals surface area contributed by atoms with Crippen LogP contribution < -0.4 is 15.6 Å². The van der Waals surface area contributed by atoms with Gasteiger partial charge in [0.15, 0.2) is 6.61 Å². The summed E-state index contributed by atoms with van der Waals surface area (Å²) < 4.78 is 5.58. The van der Waals surface area contributed by atoms with Gasteiger partial charge in [0.25, 0.3) is 11.8 Å². The molecule has 0 fully saturated rings. The van der Waals surface area contributed by atoms with Gasteiger partial charge in [-0.05, 0) is 37.1 Å². The van der Waals surface area contributed by atoms with Crippen molar-refractivity contribution in [2.45, 2.75) is 27.3 Å². The third kappa shape index (κ3) is 5.38. The van der Waals surface area contributed by atoms with Crippen molar-refractivity contribution in [1.82, 2.24) is 31.1 Å². The second-order valence-electron chi connectivity index (χ2n) is 6.62. The summed E-state index contributed by atoms with van der Waals surface area (Å²) >= 11 is 0. The van der Waals surface area contributed by atoms with Gasteiger partial charge in [-0.25, -0.2) is 0 Å². The minimum atomic E-state index is -0.488. The van der Waals surface area contributed by atoms with Gasteiger partial charge in [0.05, 0.1) is 0 Å². The molecule has 2 N–H and O–H groups in total. The number of amides is 2. The van der Waals surface area contributed by atoms with Crippen LogP contribution in [0.1, 0.15) is 16.7 Å². The van der Waals surface area contributed by atoms with Crippen LogP contribution in [0.3, 0.4) is 0 Å². The quantitative estimate of drug-likeness (QED) is 0.613. The molecule has 0 atom stereocenters. The summed E-state index contributed by atoms with van der Waals surface area (Å²) in [5.74, 6) is 0.115. The van der Waals surface area contributed by atoms with Gasteiger partial charge < -0.3 is 4.74 Å². The van der Waals surface area contributed by atoms with Crippen LogP contribution in [-0.2, 0) is 16.1 Å². The van der Waals surface area contributed by atoms with Crippen LogP contribution in [0, 0.1) is 20.8 Å². The number of hydrazine groups is 1. The first-order chi connectivity index (χ1) is 13.9.